The minimum Gasteiger partial charge on any atom is -0.362 e. The summed E-state index contributed by atoms with van der Waals surface area (Å²) in [4.78, 5) is 28.7. The van der Waals surface area contributed by atoms with Crippen LogP contribution in [-0.2, 0) is 4.79 Å². The highest BCUT2D eigenvalue weighted by Crippen LogP contribution is 2.37. The van der Waals surface area contributed by atoms with Gasteiger partial charge in [0.25, 0.3) is 17.4 Å². The molecule has 0 atom stereocenters. The number of nitrogens with one attached hydrogen (secondary N) is 2. The molecule has 0 unspecified atom stereocenters. The standard InChI is InChI=1S/C22H21ClN10O/c1-3-31-6-7-32(18(34)12-31)16-9-13(10-24)8-15(19(16)23)28-22-29-20(27-14-4-5-14)21-26-11-17(25-2)33(21)30-22/h8-9,11,14H,3-7,12H2,1H3,(H2,27,28,29,30). The maximum atomic E-state index is 12.8. The highest BCUT2D eigenvalue weighted by atomic mass is 35.5. The summed E-state index contributed by atoms with van der Waals surface area (Å²) in [6.07, 6.45) is 3.52. The van der Waals surface area contributed by atoms with Crippen LogP contribution in [0.15, 0.2) is 18.3 Å². The predicted octanol–water partition coefficient (Wildman–Crippen LogP) is 3.19. The Morgan fingerprint density at radius 3 is 2.85 bits per heavy atom. The van der Waals surface area contributed by atoms with Crippen molar-refractivity contribution in [3.63, 3.8) is 0 Å². The van der Waals surface area contributed by atoms with Crippen LogP contribution in [0.5, 0.6) is 0 Å². The molecule has 0 spiro atoms. The number of aromatic nitrogens is 4. The summed E-state index contributed by atoms with van der Waals surface area (Å²) in [5.74, 6) is 0.859. The summed E-state index contributed by atoms with van der Waals surface area (Å²) in [7, 11) is 0. The van der Waals surface area contributed by atoms with Crippen molar-refractivity contribution in [3.05, 3.63) is 40.3 Å². The number of rotatable bonds is 6. The van der Waals surface area contributed by atoms with Gasteiger partial charge in [-0.1, -0.05) is 30.2 Å². The SMILES string of the molecule is [C-]#[N+]c1cnc2c(NC3CC3)nc(Nc3cc(C#N)cc(N4CCN(CC)CC4=O)c3Cl)nn12. The van der Waals surface area contributed by atoms with E-state index in [0.29, 0.717) is 54.1 Å². The number of benzene rings is 1. The molecule has 2 fully saturated rings. The fourth-order valence-electron chi connectivity index (χ4n) is 3.84. The highest BCUT2D eigenvalue weighted by molar-refractivity contribution is 6.36. The van der Waals surface area contributed by atoms with Gasteiger partial charge in [0, 0.05) is 19.1 Å². The van der Waals surface area contributed by atoms with E-state index in [2.05, 4.69) is 41.5 Å². The van der Waals surface area contributed by atoms with Crippen molar-refractivity contribution in [1.29, 1.82) is 5.26 Å². The number of nitriles is 1. The van der Waals surface area contributed by atoms with Crippen LogP contribution in [0.3, 0.4) is 0 Å². The number of halogens is 1. The molecule has 1 aromatic carbocycles. The van der Waals surface area contributed by atoms with Crippen molar-refractivity contribution in [2.75, 3.05) is 41.7 Å². The Kier molecular flexibility index (Phi) is 5.65. The van der Waals surface area contributed by atoms with Crippen molar-refractivity contribution >= 4 is 52.1 Å². The fraction of sp³-hybridized carbons (Fsp3) is 0.364. The molecule has 3 heterocycles. The number of carbonyl (C=O) groups is 1. The summed E-state index contributed by atoms with van der Waals surface area (Å²) in [6, 6.07) is 5.64. The number of hydrogen-bond donors (Lipinski definition) is 2. The number of likely N-dealkylation sites (N-methyl/N-ethyl adjacent to an activating group) is 1. The first-order valence-electron chi connectivity index (χ1n) is 10.9. The zero-order valence-corrected chi connectivity index (χ0v) is 19.2. The number of nitrogens with zero attached hydrogens (tertiary/aromatic N) is 8. The molecule has 0 radical (unpaired) electrons. The predicted molar refractivity (Wildman–Crippen MR) is 128 cm³/mol. The lowest BCUT2D eigenvalue weighted by atomic mass is 10.1. The highest BCUT2D eigenvalue weighted by Gasteiger charge is 2.28. The number of hydrogen-bond acceptors (Lipinski definition) is 8. The van der Waals surface area contributed by atoms with Gasteiger partial charge in [-0.25, -0.2) is 4.98 Å². The normalized spacial score (nSPS) is 16.4. The second-order valence-electron chi connectivity index (χ2n) is 8.17. The molecule has 3 aromatic rings. The number of imidazole rings is 1. The molecule has 2 N–H and O–H groups in total. The third-order valence-electron chi connectivity index (χ3n) is 5.84. The van der Waals surface area contributed by atoms with Crippen molar-refractivity contribution in [2.45, 2.75) is 25.8 Å². The number of amides is 1. The Labute approximate surface area is 200 Å². The van der Waals surface area contributed by atoms with Crippen LogP contribution in [0.2, 0.25) is 5.02 Å². The minimum atomic E-state index is -0.0789. The van der Waals surface area contributed by atoms with Gasteiger partial charge >= 0.3 is 0 Å². The van der Waals surface area contributed by atoms with Crippen molar-refractivity contribution in [2.24, 2.45) is 0 Å². The first-order valence-corrected chi connectivity index (χ1v) is 11.3. The second kappa shape index (κ2) is 8.78. The fourth-order valence-corrected chi connectivity index (χ4v) is 4.10. The first-order chi connectivity index (χ1) is 16.5. The van der Waals surface area contributed by atoms with E-state index in [1.54, 1.807) is 17.0 Å². The van der Waals surface area contributed by atoms with Crippen molar-refractivity contribution < 1.29 is 4.79 Å². The van der Waals surface area contributed by atoms with Crippen LogP contribution >= 0.6 is 11.6 Å². The van der Waals surface area contributed by atoms with Crippen LogP contribution in [0.25, 0.3) is 10.5 Å². The number of carbonyl (C=O) groups excluding carboxylic acids is 1. The number of anilines is 4. The van der Waals surface area contributed by atoms with Crippen LogP contribution in [0.4, 0.5) is 29.0 Å². The monoisotopic (exact) mass is 476 g/mol. The molecular weight excluding hydrogens is 456 g/mol. The maximum absolute atomic E-state index is 12.8. The minimum absolute atomic E-state index is 0.0789. The van der Waals surface area contributed by atoms with Gasteiger partial charge in [-0.05, 0) is 31.5 Å². The lowest BCUT2D eigenvalue weighted by molar-refractivity contribution is -0.121. The zero-order chi connectivity index (χ0) is 23.8. The average molecular weight is 477 g/mol. The molecule has 1 aliphatic carbocycles. The van der Waals surface area contributed by atoms with E-state index in [4.69, 9.17) is 18.2 Å². The van der Waals surface area contributed by atoms with Crippen LogP contribution in [0.1, 0.15) is 25.3 Å². The summed E-state index contributed by atoms with van der Waals surface area (Å²) < 4.78 is 1.42. The van der Waals surface area contributed by atoms with Crippen molar-refractivity contribution in [3.8, 4) is 6.07 Å². The summed E-state index contributed by atoms with van der Waals surface area (Å²) in [5, 5.41) is 20.7. The van der Waals surface area contributed by atoms with E-state index in [0.717, 1.165) is 19.4 Å². The Morgan fingerprint density at radius 1 is 1.35 bits per heavy atom. The van der Waals surface area contributed by atoms with E-state index in [1.165, 1.54) is 10.7 Å². The quantitative estimate of drug-likeness (QED) is 0.520. The smallest absolute Gasteiger partial charge is 0.275 e. The zero-order valence-electron chi connectivity index (χ0n) is 18.4. The Hall–Kier alpha value is -3.93. The van der Waals surface area contributed by atoms with Gasteiger partial charge < -0.3 is 20.4 Å². The molecular formula is C22H21ClN10O. The lowest BCUT2D eigenvalue weighted by Gasteiger charge is -2.34. The Balaban J connectivity index is 1.53. The molecule has 1 amide bonds. The first kappa shape index (κ1) is 21.9. The Bertz CT molecular complexity index is 1370. The van der Waals surface area contributed by atoms with E-state index in [-0.39, 0.29) is 22.7 Å². The molecule has 5 rings (SSSR count). The van der Waals surface area contributed by atoms with E-state index in [1.807, 2.05) is 6.92 Å². The van der Waals surface area contributed by atoms with E-state index < -0.39 is 0 Å². The largest absolute Gasteiger partial charge is 0.362 e. The third-order valence-corrected chi connectivity index (χ3v) is 6.24. The topological polar surface area (TPSA) is 119 Å². The Morgan fingerprint density at radius 2 is 2.18 bits per heavy atom. The molecule has 34 heavy (non-hydrogen) atoms. The molecule has 12 heteroatoms. The second-order valence-corrected chi connectivity index (χ2v) is 8.55. The van der Waals surface area contributed by atoms with Gasteiger partial charge in [0.05, 0.1) is 40.8 Å². The maximum Gasteiger partial charge on any atom is 0.275 e. The third kappa shape index (κ3) is 4.07. The summed E-state index contributed by atoms with van der Waals surface area (Å²) >= 11 is 6.73. The summed E-state index contributed by atoms with van der Waals surface area (Å²) in [5.41, 5.74) is 1.66. The average Bonchev–Trinajstić information content (AvgIpc) is 3.56. The van der Waals surface area contributed by atoms with Gasteiger partial charge in [-0.15, -0.1) is 4.52 Å². The molecule has 1 saturated carbocycles. The number of fused-ring (bicyclic) bond motifs is 1. The molecule has 2 aromatic heterocycles. The number of piperazine rings is 1. The van der Waals surface area contributed by atoms with E-state index in [9.17, 15) is 10.1 Å². The van der Waals surface area contributed by atoms with Gasteiger partial charge in [0.2, 0.25) is 5.91 Å². The van der Waals surface area contributed by atoms with E-state index >= 15 is 0 Å². The van der Waals surface area contributed by atoms with Crippen LogP contribution < -0.4 is 15.5 Å². The lowest BCUT2D eigenvalue weighted by Crippen LogP contribution is -2.50. The van der Waals surface area contributed by atoms with Gasteiger partial charge in [-0.2, -0.15) is 10.2 Å². The van der Waals surface area contributed by atoms with Gasteiger partial charge in [0.15, 0.2) is 5.82 Å². The molecule has 11 nitrogen and oxygen atoms in total. The van der Waals surface area contributed by atoms with Crippen molar-refractivity contribution in [1.82, 2.24) is 24.5 Å². The molecule has 0 bridgehead atoms. The molecule has 1 saturated heterocycles. The van der Waals surface area contributed by atoms with Gasteiger partial charge in [-0.3, -0.25) is 9.69 Å². The molecule has 2 aliphatic rings. The molecule has 1 aliphatic heterocycles. The van der Waals surface area contributed by atoms with Crippen LogP contribution in [-0.4, -0.2) is 62.6 Å². The molecule has 172 valence electrons. The summed E-state index contributed by atoms with van der Waals surface area (Å²) in [6.45, 7) is 11.7. The van der Waals surface area contributed by atoms with Gasteiger partial charge in [0.1, 0.15) is 0 Å². The van der Waals surface area contributed by atoms with Crippen LogP contribution in [0, 0.1) is 17.9 Å².